The number of halogens is 3. The van der Waals surface area contributed by atoms with Crippen LogP contribution in [0.2, 0.25) is 0 Å². The number of alkyl halides is 3. The summed E-state index contributed by atoms with van der Waals surface area (Å²) in [6.07, 6.45) is 0. The van der Waals surface area contributed by atoms with Gasteiger partial charge in [-0.1, -0.05) is 59.1 Å². The molecule has 1 aromatic heterocycles. The number of nitrogens with zero attached hydrogens (tertiary/aromatic N) is 3. The number of hydrogen-bond acceptors (Lipinski definition) is 5. The summed E-state index contributed by atoms with van der Waals surface area (Å²) >= 11 is 17.6. The van der Waals surface area contributed by atoms with Crippen molar-refractivity contribution in [3.05, 3.63) is 70.0 Å². The van der Waals surface area contributed by atoms with Crippen LogP contribution in [0, 0.1) is 10.1 Å². The molecule has 128 valence electrons. The minimum Gasteiger partial charge on any atom is -0.472 e. The number of para-hydroxylation sites is 2. The van der Waals surface area contributed by atoms with Gasteiger partial charge in [0.1, 0.15) is 6.61 Å². The smallest absolute Gasteiger partial charge is 0.276 e. The molecule has 0 saturated heterocycles. The second kappa shape index (κ2) is 7.00. The summed E-state index contributed by atoms with van der Waals surface area (Å²) in [6, 6.07) is 13.4. The maximum Gasteiger partial charge on any atom is 0.276 e. The lowest BCUT2D eigenvalue weighted by molar-refractivity contribution is -0.385. The molecule has 0 fully saturated rings. The largest absolute Gasteiger partial charge is 0.472 e. The minimum absolute atomic E-state index is 0.0336. The Morgan fingerprint density at radius 3 is 2.44 bits per heavy atom. The van der Waals surface area contributed by atoms with E-state index in [2.05, 4.69) is 9.97 Å². The van der Waals surface area contributed by atoms with Gasteiger partial charge in [-0.25, -0.2) is 4.98 Å². The van der Waals surface area contributed by atoms with Gasteiger partial charge in [0.05, 0.1) is 21.4 Å². The van der Waals surface area contributed by atoms with Gasteiger partial charge in [-0.05, 0) is 18.2 Å². The van der Waals surface area contributed by atoms with Crippen LogP contribution in [0.4, 0.5) is 5.69 Å². The molecule has 9 heteroatoms. The van der Waals surface area contributed by atoms with Crippen molar-refractivity contribution < 1.29 is 9.66 Å². The number of hydrogen-bond donors (Lipinski definition) is 0. The average Bonchev–Trinajstić information content (AvgIpc) is 2.58. The normalized spacial score (nSPS) is 11.5. The Morgan fingerprint density at radius 2 is 1.72 bits per heavy atom. The number of nitro benzene ring substituents is 1. The third kappa shape index (κ3) is 3.92. The first kappa shape index (κ1) is 17.7. The van der Waals surface area contributed by atoms with Crippen LogP contribution in [-0.4, -0.2) is 14.9 Å². The fraction of sp³-hybridized carbons (Fsp3) is 0.125. The Bertz CT molecular complexity index is 945. The maximum absolute atomic E-state index is 11.1. The van der Waals surface area contributed by atoms with Crippen molar-refractivity contribution in [3.8, 4) is 5.88 Å². The third-order valence-corrected chi connectivity index (χ3v) is 3.88. The van der Waals surface area contributed by atoms with E-state index in [9.17, 15) is 10.1 Å². The quantitative estimate of drug-likeness (QED) is 0.353. The number of fused-ring (bicyclic) bond motifs is 1. The van der Waals surface area contributed by atoms with Crippen molar-refractivity contribution in [1.82, 2.24) is 9.97 Å². The van der Waals surface area contributed by atoms with Crippen molar-refractivity contribution in [3.63, 3.8) is 0 Å². The van der Waals surface area contributed by atoms with Crippen LogP contribution in [0.1, 0.15) is 11.4 Å². The Morgan fingerprint density at radius 1 is 1.04 bits per heavy atom. The van der Waals surface area contributed by atoms with E-state index in [1.54, 1.807) is 42.5 Å². The molecule has 0 N–H and O–H groups in total. The van der Waals surface area contributed by atoms with Gasteiger partial charge in [0.15, 0.2) is 5.82 Å². The van der Waals surface area contributed by atoms with Crippen LogP contribution in [0.3, 0.4) is 0 Å². The van der Waals surface area contributed by atoms with Gasteiger partial charge in [-0.2, -0.15) is 4.98 Å². The predicted molar refractivity (Wildman–Crippen MR) is 96.2 cm³/mol. The number of rotatable bonds is 4. The van der Waals surface area contributed by atoms with Gasteiger partial charge >= 0.3 is 0 Å². The van der Waals surface area contributed by atoms with E-state index in [1.807, 2.05) is 0 Å². The SMILES string of the molecule is O=[N+]([O-])c1ccccc1COc1nc(C(Cl)(Cl)Cl)nc2ccccc12. The lowest BCUT2D eigenvalue weighted by Crippen LogP contribution is -2.10. The molecule has 0 bridgehead atoms. The number of aromatic nitrogens is 2. The molecule has 0 spiro atoms. The van der Waals surface area contributed by atoms with Crippen LogP contribution in [0.25, 0.3) is 10.9 Å². The summed E-state index contributed by atoms with van der Waals surface area (Å²) in [5, 5.41) is 11.7. The predicted octanol–water partition coefficient (Wildman–Crippen LogP) is 4.94. The zero-order chi connectivity index (χ0) is 18.0. The molecule has 0 amide bonds. The summed E-state index contributed by atoms with van der Waals surface area (Å²) < 4.78 is 3.88. The first-order valence-corrected chi connectivity index (χ1v) is 8.19. The molecule has 2 aromatic carbocycles. The van der Waals surface area contributed by atoms with Crippen LogP contribution in [-0.2, 0) is 10.4 Å². The third-order valence-electron chi connectivity index (χ3n) is 3.37. The second-order valence-corrected chi connectivity index (χ2v) is 7.32. The van der Waals surface area contributed by atoms with Crippen LogP contribution >= 0.6 is 34.8 Å². The van der Waals surface area contributed by atoms with Gasteiger partial charge in [-0.15, -0.1) is 0 Å². The zero-order valence-electron chi connectivity index (χ0n) is 12.5. The molecule has 3 aromatic rings. The van der Waals surface area contributed by atoms with E-state index in [-0.39, 0.29) is 24.0 Å². The molecular formula is C16H10Cl3N3O3. The summed E-state index contributed by atoms with van der Waals surface area (Å²) in [5.41, 5.74) is 0.907. The first-order valence-electron chi connectivity index (χ1n) is 7.05. The van der Waals surface area contributed by atoms with E-state index < -0.39 is 8.72 Å². The number of benzene rings is 2. The van der Waals surface area contributed by atoms with E-state index in [1.165, 1.54) is 6.07 Å². The van der Waals surface area contributed by atoms with Crippen molar-refractivity contribution in [2.24, 2.45) is 0 Å². The first-order chi connectivity index (χ1) is 11.9. The molecule has 0 saturated carbocycles. The maximum atomic E-state index is 11.1. The van der Waals surface area contributed by atoms with E-state index in [4.69, 9.17) is 39.5 Å². The van der Waals surface area contributed by atoms with E-state index in [0.717, 1.165) is 0 Å². The van der Waals surface area contributed by atoms with E-state index in [0.29, 0.717) is 16.5 Å². The van der Waals surface area contributed by atoms with Gasteiger partial charge in [-0.3, -0.25) is 10.1 Å². The van der Waals surface area contributed by atoms with Crippen molar-refractivity contribution in [2.45, 2.75) is 10.4 Å². The molecule has 0 unspecified atom stereocenters. The molecule has 0 aliphatic heterocycles. The average molecular weight is 399 g/mol. The van der Waals surface area contributed by atoms with Crippen LogP contribution in [0.15, 0.2) is 48.5 Å². The van der Waals surface area contributed by atoms with Gasteiger partial charge in [0.25, 0.3) is 5.69 Å². The van der Waals surface area contributed by atoms with Crippen molar-refractivity contribution >= 4 is 51.4 Å². The van der Waals surface area contributed by atoms with Crippen molar-refractivity contribution in [1.29, 1.82) is 0 Å². The summed E-state index contributed by atoms with van der Waals surface area (Å²) in [7, 11) is 0. The Labute approximate surface area is 157 Å². The Hall–Kier alpha value is -2.15. The lowest BCUT2D eigenvalue weighted by Gasteiger charge is -2.14. The highest BCUT2D eigenvalue weighted by Gasteiger charge is 2.28. The highest BCUT2D eigenvalue weighted by atomic mass is 35.6. The molecule has 25 heavy (non-hydrogen) atoms. The van der Waals surface area contributed by atoms with E-state index >= 15 is 0 Å². The highest BCUT2D eigenvalue weighted by Crippen LogP contribution is 2.38. The summed E-state index contributed by atoms with van der Waals surface area (Å²) in [4.78, 5) is 19.0. The summed E-state index contributed by atoms with van der Waals surface area (Å²) in [5.74, 6) is 0.152. The molecule has 0 aliphatic carbocycles. The fourth-order valence-electron chi connectivity index (χ4n) is 2.24. The van der Waals surface area contributed by atoms with Crippen molar-refractivity contribution in [2.75, 3.05) is 0 Å². The second-order valence-electron chi connectivity index (χ2n) is 5.04. The molecule has 1 heterocycles. The van der Waals surface area contributed by atoms with Gasteiger partial charge in [0.2, 0.25) is 9.67 Å². The molecule has 6 nitrogen and oxygen atoms in total. The number of ether oxygens (including phenoxy) is 1. The Kier molecular flexibility index (Phi) is 4.94. The van der Waals surface area contributed by atoms with Gasteiger partial charge < -0.3 is 4.74 Å². The Balaban J connectivity index is 2.00. The topological polar surface area (TPSA) is 78.2 Å². The standard InChI is InChI=1S/C16H10Cl3N3O3/c17-16(18,19)15-20-12-7-3-2-6-11(12)14(21-15)25-9-10-5-1-4-8-13(10)22(23)24/h1-8H,9H2. The molecule has 0 aliphatic rings. The monoisotopic (exact) mass is 397 g/mol. The summed E-state index contributed by atoms with van der Waals surface area (Å²) in [6.45, 7) is -0.0581. The van der Waals surface area contributed by atoms with Gasteiger partial charge in [0, 0.05) is 6.07 Å². The highest BCUT2D eigenvalue weighted by molar-refractivity contribution is 6.66. The number of nitro groups is 1. The lowest BCUT2D eigenvalue weighted by atomic mass is 10.2. The fourth-order valence-corrected chi connectivity index (χ4v) is 2.49. The molecule has 0 atom stereocenters. The molecule has 3 rings (SSSR count). The zero-order valence-corrected chi connectivity index (χ0v) is 14.8. The van der Waals surface area contributed by atoms with Crippen LogP contribution < -0.4 is 4.74 Å². The molecule has 0 radical (unpaired) electrons. The molecular weight excluding hydrogens is 389 g/mol. The van der Waals surface area contributed by atoms with Crippen LogP contribution in [0.5, 0.6) is 5.88 Å². The minimum atomic E-state index is -1.82.